The smallest absolute Gasteiger partial charge is 0.494 e. The zero-order chi connectivity index (χ0) is 18.4. The molecule has 2 aromatic carbocycles. The molecule has 0 atom stereocenters. The highest BCUT2D eigenvalue weighted by Gasteiger charge is 2.30. The van der Waals surface area contributed by atoms with Gasteiger partial charge >= 0.3 is 6.36 Å². The first-order valence-electron chi connectivity index (χ1n) is 7.02. The largest absolute Gasteiger partial charge is 0.573 e. The Bertz CT molecular complexity index is 746. The fraction of sp³-hybridized carbons (Fsp3) is 0.188. The van der Waals surface area contributed by atoms with E-state index >= 15 is 0 Å². The summed E-state index contributed by atoms with van der Waals surface area (Å²) in [6.45, 7) is 0.120. The number of anilines is 1. The van der Waals surface area contributed by atoms with E-state index in [0.717, 1.165) is 12.1 Å². The quantitative estimate of drug-likeness (QED) is 0.487. The third-order valence-electron chi connectivity index (χ3n) is 3.01. The van der Waals surface area contributed by atoms with Gasteiger partial charge < -0.3 is 20.5 Å². The second kappa shape index (κ2) is 7.73. The van der Waals surface area contributed by atoms with Crippen molar-refractivity contribution in [2.45, 2.75) is 12.9 Å². The van der Waals surface area contributed by atoms with E-state index < -0.39 is 12.2 Å². The van der Waals surface area contributed by atoms with E-state index in [1.54, 1.807) is 6.07 Å². The molecule has 0 fully saturated rings. The molecule has 0 bridgehead atoms. The van der Waals surface area contributed by atoms with E-state index in [1.807, 2.05) is 0 Å². The molecule has 0 aliphatic heterocycles. The predicted octanol–water partition coefficient (Wildman–Crippen LogP) is 3.66. The Morgan fingerprint density at radius 3 is 2.40 bits per heavy atom. The first-order valence-corrected chi connectivity index (χ1v) is 7.02. The number of ether oxygens (including phenoxy) is 2. The van der Waals surface area contributed by atoms with Crippen LogP contribution in [0.3, 0.4) is 0 Å². The number of alkyl halides is 3. The van der Waals surface area contributed by atoms with Gasteiger partial charge in [-0.15, -0.1) is 13.2 Å². The van der Waals surface area contributed by atoms with Gasteiger partial charge in [0.2, 0.25) is 0 Å². The zero-order valence-corrected chi connectivity index (χ0v) is 13.1. The Kier molecular flexibility index (Phi) is 5.68. The van der Waals surface area contributed by atoms with E-state index in [-0.39, 0.29) is 24.0 Å². The molecular formula is C16H15F4N3O2. The maximum absolute atomic E-state index is 13.6. The van der Waals surface area contributed by atoms with Crippen molar-refractivity contribution in [3.63, 3.8) is 0 Å². The Hall–Kier alpha value is -2.97. The third kappa shape index (κ3) is 5.87. The average molecular weight is 357 g/mol. The number of halogens is 4. The van der Waals surface area contributed by atoms with Gasteiger partial charge in [0.05, 0.1) is 13.7 Å². The summed E-state index contributed by atoms with van der Waals surface area (Å²) in [7, 11) is 1.36. The molecule has 0 saturated heterocycles. The van der Waals surface area contributed by atoms with Crippen molar-refractivity contribution in [2.24, 2.45) is 10.7 Å². The highest BCUT2D eigenvalue weighted by Crippen LogP contribution is 2.24. The minimum absolute atomic E-state index is 0.0284. The Morgan fingerprint density at radius 2 is 1.84 bits per heavy atom. The maximum Gasteiger partial charge on any atom is 0.573 e. The lowest BCUT2D eigenvalue weighted by Crippen LogP contribution is -2.22. The van der Waals surface area contributed by atoms with Crippen LogP contribution in [0.5, 0.6) is 11.5 Å². The molecule has 3 N–H and O–H groups in total. The number of nitrogens with two attached hydrogens (primary N) is 1. The Balaban J connectivity index is 1.95. The minimum Gasteiger partial charge on any atom is -0.494 e. The summed E-state index contributed by atoms with van der Waals surface area (Å²) in [4.78, 5) is 4.03. The van der Waals surface area contributed by atoms with Gasteiger partial charge in [0.15, 0.2) is 17.5 Å². The number of nitrogens with zero attached hydrogens (tertiary/aromatic N) is 1. The average Bonchev–Trinajstić information content (AvgIpc) is 2.53. The molecule has 9 heteroatoms. The molecule has 0 spiro atoms. The lowest BCUT2D eigenvalue weighted by molar-refractivity contribution is -0.274. The third-order valence-corrected chi connectivity index (χ3v) is 3.01. The van der Waals surface area contributed by atoms with Crippen LogP contribution in [-0.2, 0) is 6.54 Å². The molecule has 0 amide bonds. The molecule has 25 heavy (non-hydrogen) atoms. The first-order chi connectivity index (χ1) is 11.8. The normalized spacial score (nSPS) is 12.0. The van der Waals surface area contributed by atoms with Crippen LogP contribution in [0.2, 0.25) is 0 Å². The second-order valence-electron chi connectivity index (χ2n) is 4.87. The van der Waals surface area contributed by atoms with Crippen molar-refractivity contribution in [1.82, 2.24) is 0 Å². The lowest BCUT2D eigenvalue weighted by atomic mass is 10.2. The number of aliphatic imine (C=N–C) groups is 1. The number of methoxy groups -OCH3 is 1. The van der Waals surface area contributed by atoms with Crippen molar-refractivity contribution in [3.05, 3.63) is 53.8 Å². The molecule has 2 aromatic rings. The molecule has 0 aliphatic carbocycles. The van der Waals surface area contributed by atoms with E-state index in [9.17, 15) is 17.6 Å². The van der Waals surface area contributed by atoms with Crippen molar-refractivity contribution >= 4 is 11.6 Å². The summed E-state index contributed by atoms with van der Waals surface area (Å²) in [5.41, 5.74) is 6.70. The van der Waals surface area contributed by atoms with Crippen molar-refractivity contribution in [2.75, 3.05) is 12.4 Å². The van der Waals surface area contributed by atoms with Gasteiger partial charge in [-0.05, 0) is 42.0 Å². The van der Waals surface area contributed by atoms with Crippen LogP contribution in [0.25, 0.3) is 0 Å². The first kappa shape index (κ1) is 18.4. The van der Waals surface area contributed by atoms with E-state index in [1.165, 1.54) is 31.4 Å². The number of hydrogen-bond donors (Lipinski definition) is 2. The topological polar surface area (TPSA) is 68.9 Å². The fourth-order valence-electron chi connectivity index (χ4n) is 1.91. The summed E-state index contributed by atoms with van der Waals surface area (Å²) < 4.78 is 58.4. The van der Waals surface area contributed by atoms with E-state index in [4.69, 9.17) is 10.5 Å². The molecule has 0 radical (unpaired) electrons. The van der Waals surface area contributed by atoms with Gasteiger partial charge in [-0.2, -0.15) is 0 Å². The Morgan fingerprint density at radius 1 is 1.16 bits per heavy atom. The summed E-state index contributed by atoms with van der Waals surface area (Å²) >= 11 is 0. The molecule has 0 aliphatic rings. The fourth-order valence-corrected chi connectivity index (χ4v) is 1.91. The van der Waals surface area contributed by atoms with Gasteiger partial charge in [-0.1, -0.05) is 6.07 Å². The second-order valence-corrected chi connectivity index (χ2v) is 4.87. The highest BCUT2D eigenvalue weighted by atomic mass is 19.4. The molecule has 5 nitrogen and oxygen atoms in total. The van der Waals surface area contributed by atoms with Gasteiger partial charge in [0.1, 0.15) is 5.75 Å². The molecule has 0 saturated carbocycles. The molecule has 0 heterocycles. The van der Waals surface area contributed by atoms with E-state index in [0.29, 0.717) is 11.3 Å². The molecule has 134 valence electrons. The predicted molar refractivity (Wildman–Crippen MR) is 85.0 cm³/mol. The van der Waals surface area contributed by atoms with E-state index in [2.05, 4.69) is 15.0 Å². The van der Waals surface area contributed by atoms with Crippen LogP contribution >= 0.6 is 0 Å². The van der Waals surface area contributed by atoms with Gasteiger partial charge in [-0.25, -0.2) is 9.38 Å². The number of rotatable bonds is 5. The van der Waals surface area contributed by atoms with Crippen molar-refractivity contribution in [3.8, 4) is 11.5 Å². The summed E-state index contributed by atoms with van der Waals surface area (Å²) in [6.07, 6.45) is -4.75. The summed E-state index contributed by atoms with van der Waals surface area (Å²) in [5, 5.41) is 2.71. The van der Waals surface area contributed by atoms with Crippen molar-refractivity contribution < 1.29 is 27.0 Å². The monoisotopic (exact) mass is 357 g/mol. The molecule has 2 rings (SSSR count). The zero-order valence-electron chi connectivity index (χ0n) is 13.1. The number of nitrogens with one attached hydrogen (secondary N) is 1. The number of hydrogen-bond acceptors (Lipinski definition) is 3. The number of benzene rings is 2. The SMILES string of the molecule is COc1ccc(CN=C(N)Nc2ccc(OC(F)(F)F)cc2)cc1F. The summed E-state index contributed by atoms with van der Waals surface area (Å²) in [5.74, 6) is -0.704. The standard InChI is InChI=1S/C16H15F4N3O2/c1-24-14-7-2-10(8-13(14)17)9-22-15(21)23-11-3-5-12(6-4-11)25-16(18,19)20/h2-8H,9H2,1H3,(H3,21,22,23). The van der Waals surface area contributed by atoms with Crippen LogP contribution in [-0.4, -0.2) is 19.4 Å². The lowest BCUT2D eigenvalue weighted by Gasteiger charge is -2.10. The van der Waals surface area contributed by atoms with Gasteiger partial charge in [0.25, 0.3) is 0 Å². The van der Waals surface area contributed by atoms with Gasteiger partial charge in [-0.3, -0.25) is 0 Å². The van der Waals surface area contributed by atoms with Crippen LogP contribution in [0.1, 0.15) is 5.56 Å². The van der Waals surface area contributed by atoms with Gasteiger partial charge in [0, 0.05) is 5.69 Å². The van der Waals surface area contributed by atoms with Crippen molar-refractivity contribution in [1.29, 1.82) is 0 Å². The summed E-state index contributed by atoms with van der Waals surface area (Å²) in [6, 6.07) is 9.39. The molecular weight excluding hydrogens is 342 g/mol. The Labute approximate surface area is 141 Å². The molecule has 0 aromatic heterocycles. The minimum atomic E-state index is -4.75. The number of guanidine groups is 1. The maximum atomic E-state index is 13.6. The van der Waals surface area contributed by atoms with Crippen LogP contribution < -0.4 is 20.5 Å². The highest BCUT2D eigenvalue weighted by molar-refractivity contribution is 5.92. The van der Waals surface area contributed by atoms with Crippen LogP contribution in [0.15, 0.2) is 47.5 Å². The molecule has 0 unspecified atom stereocenters. The van der Waals surface area contributed by atoms with Crippen LogP contribution in [0.4, 0.5) is 23.2 Å². The van der Waals surface area contributed by atoms with Crippen LogP contribution in [0, 0.1) is 5.82 Å².